The zero-order valence-corrected chi connectivity index (χ0v) is 9.82. The Morgan fingerprint density at radius 2 is 2.05 bits per heavy atom. The first-order valence-electron chi connectivity index (χ1n) is 5.57. The third kappa shape index (κ3) is 2.11. The molecule has 0 aliphatic carbocycles. The molecule has 3 N–H and O–H groups in total. The Balaban J connectivity index is 1.99. The van der Waals surface area contributed by atoms with E-state index < -0.39 is 0 Å². The normalized spacial score (nSPS) is 10.5. The molecule has 94 valence electrons. The second kappa shape index (κ2) is 4.41. The Morgan fingerprint density at radius 1 is 1.16 bits per heavy atom. The predicted molar refractivity (Wildman–Crippen MR) is 69.0 cm³/mol. The Morgan fingerprint density at radius 3 is 2.79 bits per heavy atom. The summed E-state index contributed by atoms with van der Waals surface area (Å²) in [6.07, 6.45) is 3.32. The molecule has 0 radical (unpaired) electrons. The first-order valence-corrected chi connectivity index (χ1v) is 5.57. The van der Waals surface area contributed by atoms with Gasteiger partial charge >= 0.3 is 0 Å². The number of phenolic OH excluding ortho intramolecular Hbond substituents is 1. The predicted octanol–water partition coefficient (Wildman–Crippen LogP) is 2.09. The molecule has 0 unspecified atom stereocenters. The lowest BCUT2D eigenvalue weighted by atomic mass is 10.2. The van der Waals surface area contributed by atoms with E-state index in [2.05, 4.69) is 15.1 Å². The van der Waals surface area contributed by atoms with Crippen LogP contribution in [-0.2, 0) is 0 Å². The van der Waals surface area contributed by atoms with Crippen molar-refractivity contribution in [2.45, 2.75) is 0 Å². The number of nitrogen functional groups attached to an aromatic ring is 1. The number of benzene rings is 1. The van der Waals surface area contributed by atoms with Crippen LogP contribution in [0.15, 0.2) is 47.2 Å². The van der Waals surface area contributed by atoms with Gasteiger partial charge in [-0.2, -0.15) is 4.98 Å². The number of nitrogens with two attached hydrogens (primary N) is 1. The van der Waals surface area contributed by atoms with Crippen molar-refractivity contribution >= 4 is 5.69 Å². The highest BCUT2D eigenvalue weighted by Crippen LogP contribution is 2.28. The number of nitrogens with zero attached hydrogens (tertiary/aromatic N) is 3. The molecule has 0 atom stereocenters. The summed E-state index contributed by atoms with van der Waals surface area (Å²) in [6.45, 7) is 0. The molecule has 0 saturated heterocycles. The van der Waals surface area contributed by atoms with E-state index in [1.165, 1.54) is 6.07 Å². The van der Waals surface area contributed by atoms with Gasteiger partial charge in [-0.25, -0.2) is 0 Å². The van der Waals surface area contributed by atoms with Gasteiger partial charge in [-0.3, -0.25) is 4.98 Å². The molecule has 0 aliphatic rings. The first-order chi connectivity index (χ1) is 9.24. The maximum atomic E-state index is 9.56. The van der Waals surface area contributed by atoms with Crippen LogP contribution in [-0.4, -0.2) is 20.2 Å². The van der Waals surface area contributed by atoms with Gasteiger partial charge in [0.25, 0.3) is 5.89 Å². The molecule has 0 bridgehead atoms. The van der Waals surface area contributed by atoms with Crippen molar-refractivity contribution in [1.29, 1.82) is 0 Å². The summed E-state index contributed by atoms with van der Waals surface area (Å²) in [5, 5.41) is 13.4. The van der Waals surface area contributed by atoms with Crippen molar-refractivity contribution in [2.24, 2.45) is 0 Å². The van der Waals surface area contributed by atoms with Gasteiger partial charge in [0.15, 0.2) is 0 Å². The molecule has 3 rings (SSSR count). The standard InChI is InChI=1S/C13H10N4O2/c14-10-4-3-8(6-11(10)18)13-16-12(17-19-13)9-2-1-5-15-7-9/h1-7,18H,14H2. The number of aromatic hydroxyl groups is 1. The van der Waals surface area contributed by atoms with Crippen LogP contribution >= 0.6 is 0 Å². The average molecular weight is 254 g/mol. The van der Waals surface area contributed by atoms with Crippen molar-refractivity contribution < 1.29 is 9.63 Å². The SMILES string of the molecule is Nc1ccc(-c2nc(-c3cccnc3)no2)cc1O. The van der Waals surface area contributed by atoms with Gasteiger partial charge in [-0.15, -0.1) is 0 Å². The minimum Gasteiger partial charge on any atom is -0.506 e. The minimum absolute atomic E-state index is 0.0152. The molecular formula is C13H10N4O2. The molecule has 2 heterocycles. The molecule has 19 heavy (non-hydrogen) atoms. The summed E-state index contributed by atoms with van der Waals surface area (Å²) < 4.78 is 5.16. The van der Waals surface area contributed by atoms with Crippen LogP contribution in [0.1, 0.15) is 0 Å². The summed E-state index contributed by atoms with van der Waals surface area (Å²) in [5.74, 6) is 0.743. The van der Waals surface area contributed by atoms with Crippen molar-refractivity contribution in [1.82, 2.24) is 15.1 Å². The average Bonchev–Trinajstić information content (AvgIpc) is 2.93. The van der Waals surface area contributed by atoms with Crippen LogP contribution in [0.2, 0.25) is 0 Å². The fraction of sp³-hybridized carbons (Fsp3) is 0. The van der Waals surface area contributed by atoms with Gasteiger partial charge in [0, 0.05) is 23.5 Å². The van der Waals surface area contributed by atoms with Gasteiger partial charge in [0.05, 0.1) is 5.69 Å². The zero-order valence-electron chi connectivity index (χ0n) is 9.82. The number of anilines is 1. The van der Waals surface area contributed by atoms with Crippen LogP contribution < -0.4 is 5.73 Å². The third-order valence-corrected chi connectivity index (χ3v) is 2.62. The van der Waals surface area contributed by atoms with E-state index in [0.29, 0.717) is 23.0 Å². The van der Waals surface area contributed by atoms with Crippen LogP contribution in [0.25, 0.3) is 22.8 Å². The van der Waals surface area contributed by atoms with Crippen LogP contribution in [0.3, 0.4) is 0 Å². The fourth-order valence-corrected chi connectivity index (χ4v) is 1.63. The van der Waals surface area contributed by atoms with Crippen molar-refractivity contribution in [2.75, 3.05) is 5.73 Å². The fourth-order valence-electron chi connectivity index (χ4n) is 1.63. The van der Waals surface area contributed by atoms with Gasteiger partial charge in [-0.1, -0.05) is 5.16 Å². The minimum atomic E-state index is -0.0152. The highest BCUT2D eigenvalue weighted by molar-refractivity contribution is 5.65. The number of hydrogen-bond acceptors (Lipinski definition) is 6. The molecule has 6 heteroatoms. The van der Waals surface area contributed by atoms with Crippen molar-refractivity contribution in [3.8, 4) is 28.6 Å². The summed E-state index contributed by atoms with van der Waals surface area (Å²) >= 11 is 0. The quantitative estimate of drug-likeness (QED) is 0.536. The lowest BCUT2D eigenvalue weighted by Crippen LogP contribution is -1.86. The second-order valence-corrected chi connectivity index (χ2v) is 3.94. The number of hydrogen-bond donors (Lipinski definition) is 2. The van der Waals surface area contributed by atoms with Crippen molar-refractivity contribution in [3.05, 3.63) is 42.7 Å². The molecule has 3 aromatic rings. The van der Waals surface area contributed by atoms with Crippen LogP contribution in [0.5, 0.6) is 5.75 Å². The zero-order chi connectivity index (χ0) is 13.2. The summed E-state index contributed by atoms with van der Waals surface area (Å²) in [6, 6.07) is 8.40. The number of phenols is 1. The van der Waals surface area contributed by atoms with Crippen LogP contribution in [0.4, 0.5) is 5.69 Å². The number of pyridine rings is 1. The topological polar surface area (TPSA) is 98.1 Å². The molecule has 0 spiro atoms. The van der Waals surface area contributed by atoms with E-state index in [4.69, 9.17) is 10.3 Å². The highest BCUT2D eigenvalue weighted by Gasteiger charge is 2.11. The number of aromatic nitrogens is 3. The second-order valence-electron chi connectivity index (χ2n) is 3.94. The lowest BCUT2D eigenvalue weighted by Gasteiger charge is -1.99. The van der Waals surface area contributed by atoms with E-state index >= 15 is 0 Å². The molecule has 1 aromatic carbocycles. The molecule has 0 amide bonds. The maximum absolute atomic E-state index is 9.56. The Kier molecular flexibility index (Phi) is 2.60. The molecule has 6 nitrogen and oxygen atoms in total. The largest absolute Gasteiger partial charge is 0.506 e. The van der Waals surface area contributed by atoms with Gasteiger partial charge in [0.2, 0.25) is 5.82 Å². The summed E-state index contributed by atoms with van der Waals surface area (Å²) in [7, 11) is 0. The Labute approximate surface area is 108 Å². The Hall–Kier alpha value is -2.89. The van der Waals surface area contributed by atoms with Gasteiger partial charge < -0.3 is 15.4 Å². The third-order valence-electron chi connectivity index (χ3n) is 2.62. The van der Waals surface area contributed by atoms with E-state index in [1.807, 2.05) is 6.07 Å². The molecule has 0 aliphatic heterocycles. The number of rotatable bonds is 2. The monoisotopic (exact) mass is 254 g/mol. The van der Waals surface area contributed by atoms with E-state index in [-0.39, 0.29) is 5.75 Å². The maximum Gasteiger partial charge on any atom is 0.258 e. The van der Waals surface area contributed by atoms with E-state index in [9.17, 15) is 5.11 Å². The molecule has 0 saturated carbocycles. The molecular weight excluding hydrogens is 244 g/mol. The smallest absolute Gasteiger partial charge is 0.258 e. The van der Waals surface area contributed by atoms with Crippen LogP contribution in [0, 0.1) is 0 Å². The lowest BCUT2D eigenvalue weighted by molar-refractivity contribution is 0.431. The molecule has 0 fully saturated rings. The Bertz CT molecular complexity index is 710. The van der Waals surface area contributed by atoms with Gasteiger partial charge in [0.1, 0.15) is 5.75 Å². The van der Waals surface area contributed by atoms with E-state index in [0.717, 1.165) is 5.56 Å². The molecule has 2 aromatic heterocycles. The summed E-state index contributed by atoms with van der Waals surface area (Å²) in [5.41, 5.74) is 7.21. The van der Waals surface area contributed by atoms with Crippen molar-refractivity contribution in [3.63, 3.8) is 0 Å². The first kappa shape index (κ1) is 11.2. The van der Waals surface area contributed by atoms with Gasteiger partial charge in [-0.05, 0) is 30.3 Å². The van der Waals surface area contributed by atoms with E-state index in [1.54, 1.807) is 30.6 Å². The summed E-state index contributed by atoms with van der Waals surface area (Å²) in [4.78, 5) is 8.24. The highest BCUT2D eigenvalue weighted by atomic mass is 16.5.